The SMILES string of the molecule is Cc1cc2c(cc1Cc1ccc3c(c1)N[C@H](C)[C@@H]3C)N[C@@H](C)[C@H]2C. The number of hydrogen-bond donors (Lipinski definition) is 2. The van der Waals surface area contributed by atoms with Crippen LogP contribution in [0.15, 0.2) is 30.3 Å². The molecule has 2 heterocycles. The first-order valence-electron chi connectivity index (χ1n) is 9.23. The molecule has 126 valence electrons. The first-order valence-corrected chi connectivity index (χ1v) is 9.23. The average molecular weight is 320 g/mol. The number of rotatable bonds is 2. The quantitative estimate of drug-likeness (QED) is 0.772. The van der Waals surface area contributed by atoms with Crippen LogP contribution in [-0.2, 0) is 6.42 Å². The Morgan fingerprint density at radius 1 is 0.792 bits per heavy atom. The molecule has 2 N–H and O–H groups in total. The number of anilines is 2. The fourth-order valence-electron chi connectivity index (χ4n) is 4.20. The Kier molecular flexibility index (Phi) is 3.59. The van der Waals surface area contributed by atoms with Crippen LogP contribution < -0.4 is 10.6 Å². The van der Waals surface area contributed by atoms with Gasteiger partial charge in [0.15, 0.2) is 0 Å². The van der Waals surface area contributed by atoms with Gasteiger partial charge in [0, 0.05) is 35.3 Å². The Balaban J connectivity index is 1.63. The molecule has 2 aliphatic rings. The van der Waals surface area contributed by atoms with Gasteiger partial charge in [0.2, 0.25) is 0 Å². The summed E-state index contributed by atoms with van der Waals surface area (Å²) in [5.74, 6) is 1.20. The van der Waals surface area contributed by atoms with Crippen LogP contribution in [-0.4, -0.2) is 12.1 Å². The fraction of sp³-hybridized carbons (Fsp3) is 0.455. The summed E-state index contributed by atoms with van der Waals surface area (Å²) in [6, 6.07) is 12.8. The third kappa shape index (κ3) is 2.40. The minimum Gasteiger partial charge on any atom is -0.382 e. The predicted octanol–water partition coefficient (Wildman–Crippen LogP) is 5.42. The van der Waals surface area contributed by atoms with E-state index >= 15 is 0 Å². The van der Waals surface area contributed by atoms with Gasteiger partial charge in [-0.25, -0.2) is 0 Å². The molecule has 0 saturated carbocycles. The van der Waals surface area contributed by atoms with Gasteiger partial charge in [-0.15, -0.1) is 0 Å². The summed E-state index contributed by atoms with van der Waals surface area (Å²) in [5.41, 5.74) is 9.82. The number of hydrogen-bond acceptors (Lipinski definition) is 2. The van der Waals surface area contributed by atoms with Gasteiger partial charge >= 0.3 is 0 Å². The first kappa shape index (κ1) is 15.6. The normalized spacial score (nSPS) is 27.4. The summed E-state index contributed by atoms with van der Waals surface area (Å²) < 4.78 is 0. The summed E-state index contributed by atoms with van der Waals surface area (Å²) in [4.78, 5) is 0. The highest BCUT2D eigenvalue weighted by Crippen LogP contribution is 2.39. The number of aryl methyl sites for hydroxylation is 1. The maximum atomic E-state index is 3.64. The van der Waals surface area contributed by atoms with Gasteiger partial charge in [0.05, 0.1) is 0 Å². The van der Waals surface area contributed by atoms with Crippen LogP contribution in [0.25, 0.3) is 0 Å². The summed E-state index contributed by atoms with van der Waals surface area (Å²) in [7, 11) is 0. The third-order valence-corrected chi connectivity index (χ3v) is 6.27. The molecule has 0 amide bonds. The number of fused-ring (bicyclic) bond motifs is 2. The monoisotopic (exact) mass is 320 g/mol. The van der Waals surface area contributed by atoms with E-state index in [0.717, 1.165) is 6.42 Å². The zero-order valence-electron chi connectivity index (χ0n) is 15.4. The molecule has 24 heavy (non-hydrogen) atoms. The molecule has 0 unspecified atom stereocenters. The maximum Gasteiger partial charge on any atom is 0.0381 e. The first-order chi connectivity index (χ1) is 11.4. The van der Waals surface area contributed by atoms with Crippen LogP contribution in [0, 0.1) is 6.92 Å². The lowest BCUT2D eigenvalue weighted by molar-refractivity contribution is 0.690. The minimum atomic E-state index is 0.529. The van der Waals surface area contributed by atoms with Crippen molar-refractivity contribution in [3.63, 3.8) is 0 Å². The van der Waals surface area contributed by atoms with Crippen LogP contribution in [0.3, 0.4) is 0 Å². The van der Waals surface area contributed by atoms with Crippen LogP contribution >= 0.6 is 0 Å². The van der Waals surface area contributed by atoms with Crippen LogP contribution in [0.5, 0.6) is 0 Å². The van der Waals surface area contributed by atoms with Gasteiger partial charge < -0.3 is 10.6 Å². The van der Waals surface area contributed by atoms with Crippen molar-refractivity contribution in [2.75, 3.05) is 10.6 Å². The Morgan fingerprint density at radius 3 is 2.12 bits per heavy atom. The smallest absolute Gasteiger partial charge is 0.0381 e. The van der Waals surface area contributed by atoms with Crippen LogP contribution in [0.4, 0.5) is 11.4 Å². The topological polar surface area (TPSA) is 24.1 Å². The maximum absolute atomic E-state index is 3.64. The molecule has 0 aliphatic carbocycles. The van der Waals surface area contributed by atoms with Gasteiger partial charge in [0.25, 0.3) is 0 Å². The lowest BCUT2D eigenvalue weighted by Gasteiger charge is -2.12. The highest BCUT2D eigenvalue weighted by molar-refractivity contribution is 5.64. The largest absolute Gasteiger partial charge is 0.382 e. The molecule has 0 saturated heterocycles. The van der Waals surface area contributed by atoms with E-state index in [1.54, 1.807) is 0 Å². The zero-order chi connectivity index (χ0) is 17.0. The molecule has 4 atom stereocenters. The molecule has 0 bridgehead atoms. The second-order valence-electron chi connectivity index (χ2n) is 7.91. The van der Waals surface area contributed by atoms with E-state index in [1.807, 2.05) is 0 Å². The zero-order valence-corrected chi connectivity index (χ0v) is 15.4. The predicted molar refractivity (Wildman–Crippen MR) is 103 cm³/mol. The highest BCUT2D eigenvalue weighted by Gasteiger charge is 2.27. The van der Waals surface area contributed by atoms with Gasteiger partial charge in [-0.05, 0) is 67.1 Å². The van der Waals surface area contributed by atoms with E-state index < -0.39 is 0 Å². The molecule has 2 aromatic rings. The van der Waals surface area contributed by atoms with Crippen molar-refractivity contribution < 1.29 is 0 Å². The lowest BCUT2D eigenvalue weighted by atomic mass is 9.92. The van der Waals surface area contributed by atoms with Crippen molar-refractivity contribution in [1.82, 2.24) is 0 Å². The second-order valence-corrected chi connectivity index (χ2v) is 7.91. The Morgan fingerprint density at radius 2 is 1.42 bits per heavy atom. The number of benzene rings is 2. The van der Waals surface area contributed by atoms with Crippen LogP contribution in [0.2, 0.25) is 0 Å². The lowest BCUT2D eigenvalue weighted by Crippen LogP contribution is -2.12. The Hall–Kier alpha value is -1.96. The van der Waals surface area contributed by atoms with E-state index in [9.17, 15) is 0 Å². The average Bonchev–Trinajstić information content (AvgIpc) is 2.98. The van der Waals surface area contributed by atoms with E-state index in [1.165, 1.54) is 39.2 Å². The van der Waals surface area contributed by atoms with Crippen LogP contribution in [0.1, 0.15) is 67.3 Å². The Bertz CT molecular complexity index is 793. The Labute approximate surface area is 145 Å². The molecular weight excluding hydrogens is 292 g/mol. The summed E-state index contributed by atoms with van der Waals surface area (Å²) in [6.45, 7) is 11.4. The number of nitrogens with one attached hydrogen (secondary N) is 2. The minimum absolute atomic E-state index is 0.529. The van der Waals surface area contributed by atoms with Crippen molar-refractivity contribution in [1.29, 1.82) is 0 Å². The van der Waals surface area contributed by atoms with Crippen molar-refractivity contribution in [3.05, 3.63) is 58.1 Å². The van der Waals surface area contributed by atoms with Crippen molar-refractivity contribution >= 4 is 11.4 Å². The van der Waals surface area contributed by atoms with Crippen molar-refractivity contribution in [3.8, 4) is 0 Å². The molecule has 4 rings (SSSR count). The van der Waals surface area contributed by atoms with Gasteiger partial charge in [0.1, 0.15) is 0 Å². The summed E-state index contributed by atoms with van der Waals surface area (Å²) in [6.07, 6.45) is 1.00. The van der Waals surface area contributed by atoms with Crippen molar-refractivity contribution in [2.45, 2.75) is 65.0 Å². The van der Waals surface area contributed by atoms with E-state index in [-0.39, 0.29) is 0 Å². The van der Waals surface area contributed by atoms with E-state index in [4.69, 9.17) is 0 Å². The summed E-state index contributed by atoms with van der Waals surface area (Å²) >= 11 is 0. The molecule has 2 heteroatoms. The van der Waals surface area contributed by atoms with E-state index in [0.29, 0.717) is 23.9 Å². The molecule has 2 nitrogen and oxygen atoms in total. The standard InChI is InChI=1S/C22H28N2/c1-12-8-20-14(3)16(5)24-22(20)11-18(12)9-17-6-7-19-13(2)15(4)23-21(19)10-17/h6-8,10-11,13-16,23-24H,9H2,1-5H3/t13-,14+,15+,16-/m0/s1. The molecule has 2 aliphatic heterocycles. The van der Waals surface area contributed by atoms with Crippen molar-refractivity contribution in [2.24, 2.45) is 0 Å². The molecule has 0 aromatic heterocycles. The molecule has 0 spiro atoms. The van der Waals surface area contributed by atoms with Gasteiger partial charge in [-0.1, -0.05) is 32.0 Å². The third-order valence-electron chi connectivity index (χ3n) is 6.27. The second kappa shape index (κ2) is 5.54. The molecule has 2 aromatic carbocycles. The van der Waals surface area contributed by atoms with Gasteiger partial charge in [-0.2, -0.15) is 0 Å². The fourth-order valence-corrected chi connectivity index (χ4v) is 4.20. The van der Waals surface area contributed by atoms with E-state index in [2.05, 4.69) is 75.6 Å². The molecular formula is C22H28N2. The molecule has 0 fully saturated rings. The molecule has 0 radical (unpaired) electrons. The van der Waals surface area contributed by atoms with Gasteiger partial charge in [-0.3, -0.25) is 0 Å². The summed E-state index contributed by atoms with van der Waals surface area (Å²) in [5, 5.41) is 7.27. The highest BCUT2D eigenvalue weighted by atomic mass is 15.0.